The van der Waals surface area contributed by atoms with Crippen LogP contribution in [-0.4, -0.2) is 37.6 Å². The molecule has 1 N–H and O–H groups in total. The average Bonchev–Trinajstić information content (AvgIpc) is 2.67. The summed E-state index contributed by atoms with van der Waals surface area (Å²) in [6.45, 7) is 10.1. The Balaban J connectivity index is 1.75. The second kappa shape index (κ2) is 12.0. The van der Waals surface area contributed by atoms with E-state index in [-0.39, 0.29) is 5.82 Å². The molecule has 1 aromatic rings. The standard InChI is InChI=1S/C23H35FN2/c1-3-5-16-26(17-6-4-2)18-15-25-19-20-11-13-21(14-12-20)22-9-7-8-10-23(22)24/h7-11,13,25H,3-6,12,14-19H2,1-2H3. The summed E-state index contributed by atoms with van der Waals surface area (Å²) in [5.74, 6) is -0.118. The van der Waals surface area contributed by atoms with E-state index in [1.165, 1.54) is 44.3 Å². The smallest absolute Gasteiger partial charge is 0.130 e. The molecule has 2 rings (SSSR count). The molecule has 1 aliphatic carbocycles. The van der Waals surface area contributed by atoms with E-state index in [0.29, 0.717) is 0 Å². The van der Waals surface area contributed by atoms with Gasteiger partial charge in [-0.15, -0.1) is 0 Å². The number of rotatable bonds is 12. The Hall–Kier alpha value is -1.45. The van der Waals surface area contributed by atoms with Crippen molar-refractivity contribution in [3.05, 3.63) is 53.4 Å². The summed E-state index contributed by atoms with van der Waals surface area (Å²) in [4.78, 5) is 2.59. The Kier molecular flexibility index (Phi) is 9.65. The van der Waals surface area contributed by atoms with Gasteiger partial charge < -0.3 is 10.2 Å². The second-order valence-corrected chi connectivity index (χ2v) is 7.22. The number of halogens is 1. The molecule has 0 fully saturated rings. The molecule has 3 heteroatoms. The summed E-state index contributed by atoms with van der Waals surface area (Å²) in [5.41, 5.74) is 3.27. The van der Waals surface area contributed by atoms with E-state index < -0.39 is 0 Å². The Morgan fingerprint density at radius 3 is 2.31 bits per heavy atom. The predicted octanol–water partition coefficient (Wildman–Crippen LogP) is 5.42. The molecule has 0 radical (unpaired) electrons. The van der Waals surface area contributed by atoms with Crippen molar-refractivity contribution < 1.29 is 4.39 Å². The molecule has 0 atom stereocenters. The molecule has 26 heavy (non-hydrogen) atoms. The van der Waals surface area contributed by atoms with Crippen LogP contribution in [0.4, 0.5) is 4.39 Å². The first-order valence-corrected chi connectivity index (χ1v) is 10.3. The summed E-state index contributed by atoms with van der Waals surface area (Å²) in [6, 6.07) is 7.07. The van der Waals surface area contributed by atoms with E-state index in [1.807, 2.05) is 12.1 Å². The topological polar surface area (TPSA) is 15.3 Å². The lowest BCUT2D eigenvalue weighted by Gasteiger charge is -2.22. The summed E-state index contributed by atoms with van der Waals surface area (Å²) < 4.78 is 13.9. The molecule has 0 unspecified atom stereocenters. The van der Waals surface area contributed by atoms with Crippen molar-refractivity contribution in [2.45, 2.75) is 52.4 Å². The lowest BCUT2D eigenvalue weighted by Crippen LogP contribution is -2.34. The maximum Gasteiger partial charge on any atom is 0.130 e. The normalized spacial score (nSPS) is 14.5. The third-order valence-electron chi connectivity index (χ3n) is 5.07. The highest BCUT2D eigenvalue weighted by Gasteiger charge is 2.11. The van der Waals surface area contributed by atoms with Gasteiger partial charge in [0.05, 0.1) is 0 Å². The molecule has 0 saturated carbocycles. The van der Waals surface area contributed by atoms with Crippen LogP contribution >= 0.6 is 0 Å². The van der Waals surface area contributed by atoms with Crippen LogP contribution in [0.3, 0.4) is 0 Å². The molecule has 0 aliphatic heterocycles. The third-order valence-corrected chi connectivity index (χ3v) is 5.07. The summed E-state index contributed by atoms with van der Waals surface area (Å²) in [7, 11) is 0. The number of benzene rings is 1. The quantitative estimate of drug-likeness (QED) is 0.502. The summed E-state index contributed by atoms with van der Waals surface area (Å²) in [6.07, 6.45) is 11.3. The third kappa shape index (κ3) is 7.05. The minimum absolute atomic E-state index is 0.118. The molecule has 2 nitrogen and oxygen atoms in total. The van der Waals surface area contributed by atoms with Crippen LogP contribution in [0, 0.1) is 5.82 Å². The molecular weight excluding hydrogens is 323 g/mol. The van der Waals surface area contributed by atoms with Crippen molar-refractivity contribution in [3.8, 4) is 0 Å². The SMILES string of the molecule is CCCCN(CCCC)CCNCC1=CC=C(c2ccccc2F)CC1. The molecule has 0 spiro atoms. The van der Waals surface area contributed by atoms with Gasteiger partial charge in [0.2, 0.25) is 0 Å². The Morgan fingerprint density at radius 1 is 0.962 bits per heavy atom. The first kappa shape index (κ1) is 20.9. The fourth-order valence-electron chi connectivity index (χ4n) is 3.36. The summed E-state index contributed by atoms with van der Waals surface area (Å²) >= 11 is 0. The number of hydrogen-bond donors (Lipinski definition) is 1. The van der Waals surface area contributed by atoms with Gasteiger partial charge in [0, 0.05) is 25.2 Å². The predicted molar refractivity (Wildman–Crippen MR) is 111 cm³/mol. The highest BCUT2D eigenvalue weighted by Crippen LogP contribution is 2.28. The fraction of sp³-hybridized carbons (Fsp3) is 0.565. The van der Waals surface area contributed by atoms with Gasteiger partial charge in [0.25, 0.3) is 0 Å². The van der Waals surface area contributed by atoms with Crippen molar-refractivity contribution in [1.29, 1.82) is 0 Å². The van der Waals surface area contributed by atoms with Gasteiger partial charge in [-0.25, -0.2) is 4.39 Å². The first-order valence-electron chi connectivity index (χ1n) is 10.3. The monoisotopic (exact) mass is 358 g/mol. The minimum atomic E-state index is -0.118. The maximum atomic E-state index is 13.9. The van der Waals surface area contributed by atoms with Gasteiger partial charge in [0.1, 0.15) is 5.82 Å². The lowest BCUT2D eigenvalue weighted by atomic mass is 9.93. The van der Waals surface area contributed by atoms with E-state index in [4.69, 9.17) is 0 Å². The van der Waals surface area contributed by atoms with Gasteiger partial charge >= 0.3 is 0 Å². The summed E-state index contributed by atoms with van der Waals surface area (Å²) in [5, 5.41) is 3.59. The number of unbranched alkanes of at least 4 members (excludes halogenated alkanes) is 2. The number of allylic oxidation sites excluding steroid dienone is 3. The average molecular weight is 359 g/mol. The van der Waals surface area contributed by atoms with Crippen molar-refractivity contribution in [2.75, 3.05) is 32.7 Å². The zero-order valence-corrected chi connectivity index (χ0v) is 16.6. The molecule has 1 aromatic carbocycles. The molecule has 0 saturated heterocycles. The van der Waals surface area contributed by atoms with Crippen LogP contribution in [0.25, 0.3) is 5.57 Å². The van der Waals surface area contributed by atoms with Crippen LogP contribution in [0.2, 0.25) is 0 Å². The molecule has 0 amide bonds. The van der Waals surface area contributed by atoms with Gasteiger partial charge in [-0.05, 0) is 50.4 Å². The fourth-order valence-corrected chi connectivity index (χ4v) is 3.36. The van der Waals surface area contributed by atoms with E-state index in [2.05, 4.69) is 36.2 Å². The van der Waals surface area contributed by atoms with Crippen LogP contribution in [0.1, 0.15) is 57.9 Å². The number of hydrogen-bond acceptors (Lipinski definition) is 2. The maximum absolute atomic E-state index is 13.9. The van der Waals surface area contributed by atoms with Crippen molar-refractivity contribution in [1.82, 2.24) is 10.2 Å². The van der Waals surface area contributed by atoms with Gasteiger partial charge in [-0.3, -0.25) is 0 Å². The van der Waals surface area contributed by atoms with Crippen LogP contribution in [-0.2, 0) is 0 Å². The first-order chi connectivity index (χ1) is 12.7. The van der Waals surface area contributed by atoms with E-state index in [1.54, 1.807) is 12.1 Å². The Bertz CT molecular complexity index is 584. The van der Waals surface area contributed by atoms with E-state index in [9.17, 15) is 4.39 Å². The van der Waals surface area contributed by atoms with E-state index >= 15 is 0 Å². The number of nitrogens with zero attached hydrogens (tertiary/aromatic N) is 1. The van der Waals surface area contributed by atoms with Crippen LogP contribution in [0.5, 0.6) is 0 Å². The lowest BCUT2D eigenvalue weighted by molar-refractivity contribution is 0.266. The molecule has 0 bridgehead atoms. The molecule has 0 heterocycles. The van der Waals surface area contributed by atoms with Crippen molar-refractivity contribution >= 4 is 5.57 Å². The van der Waals surface area contributed by atoms with Gasteiger partial charge in [-0.1, -0.05) is 62.6 Å². The Morgan fingerprint density at radius 2 is 1.69 bits per heavy atom. The van der Waals surface area contributed by atoms with Crippen molar-refractivity contribution in [3.63, 3.8) is 0 Å². The van der Waals surface area contributed by atoms with Gasteiger partial charge in [-0.2, -0.15) is 0 Å². The molecule has 1 aliphatic rings. The zero-order valence-electron chi connectivity index (χ0n) is 16.6. The second-order valence-electron chi connectivity index (χ2n) is 7.22. The Labute approximate surface area is 159 Å². The van der Waals surface area contributed by atoms with Crippen LogP contribution in [0.15, 0.2) is 42.0 Å². The number of nitrogens with one attached hydrogen (secondary N) is 1. The zero-order chi connectivity index (χ0) is 18.6. The largest absolute Gasteiger partial charge is 0.312 e. The van der Waals surface area contributed by atoms with E-state index in [0.717, 1.165) is 43.6 Å². The molecule has 0 aromatic heterocycles. The molecular formula is C23H35FN2. The van der Waals surface area contributed by atoms with Gasteiger partial charge in [0.15, 0.2) is 0 Å². The highest BCUT2D eigenvalue weighted by molar-refractivity contribution is 5.69. The highest BCUT2D eigenvalue weighted by atomic mass is 19.1. The van der Waals surface area contributed by atoms with Crippen molar-refractivity contribution in [2.24, 2.45) is 0 Å². The van der Waals surface area contributed by atoms with Crippen LogP contribution < -0.4 is 5.32 Å². The molecule has 144 valence electrons. The minimum Gasteiger partial charge on any atom is -0.312 e.